The summed E-state index contributed by atoms with van der Waals surface area (Å²) in [6, 6.07) is 8.27. The average Bonchev–Trinajstić information content (AvgIpc) is 3.36. The van der Waals surface area contributed by atoms with Gasteiger partial charge in [0.15, 0.2) is 5.69 Å². The Hall–Kier alpha value is -2.39. The Balaban J connectivity index is 1.28. The third-order valence-corrected chi connectivity index (χ3v) is 5.26. The molecule has 0 amide bonds. The molecule has 6 nitrogen and oxygen atoms in total. The Morgan fingerprint density at radius 1 is 1.17 bits per heavy atom. The van der Waals surface area contributed by atoms with Crippen molar-refractivity contribution >= 4 is 11.6 Å². The number of alkyl halides is 3. The number of rotatable bonds is 5. The molecular weight excluding hydrogens is 407 g/mol. The summed E-state index contributed by atoms with van der Waals surface area (Å²) in [5.41, 5.74) is -0.0439. The first-order chi connectivity index (χ1) is 13.9. The van der Waals surface area contributed by atoms with Crippen LogP contribution in [0.2, 0.25) is 5.02 Å². The molecule has 1 saturated heterocycles. The van der Waals surface area contributed by atoms with Crippen LogP contribution in [-0.4, -0.2) is 44.5 Å². The van der Waals surface area contributed by atoms with Gasteiger partial charge in [-0.05, 0) is 31.0 Å². The molecule has 3 aromatic rings. The number of hydrogen-bond donors (Lipinski definition) is 0. The Labute approximate surface area is 170 Å². The van der Waals surface area contributed by atoms with E-state index in [0.717, 1.165) is 44.1 Å². The average molecular weight is 426 g/mol. The zero-order valence-electron chi connectivity index (χ0n) is 15.4. The van der Waals surface area contributed by atoms with Crippen molar-refractivity contribution in [2.24, 2.45) is 0 Å². The summed E-state index contributed by atoms with van der Waals surface area (Å²) < 4.78 is 44.9. The van der Waals surface area contributed by atoms with Crippen molar-refractivity contribution in [1.29, 1.82) is 0 Å². The second kappa shape index (κ2) is 8.16. The van der Waals surface area contributed by atoms with Gasteiger partial charge in [0.25, 0.3) is 0 Å². The van der Waals surface area contributed by atoms with Crippen LogP contribution in [0.1, 0.15) is 30.5 Å². The van der Waals surface area contributed by atoms with Gasteiger partial charge in [-0.2, -0.15) is 23.3 Å². The Morgan fingerprint density at radius 2 is 1.97 bits per heavy atom. The van der Waals surface area contributed by atoms with E-state index in [-0.39, 0.29) is 6.04 Å². The molecule has 0 bridgehead atoms. The molecule has 0 saturated carbocycles. The van der Waals surface area contributed by atoms with Gasteiger partial charge in [0.05, 0.1) is 6.04 Å². The van der Waals surface area contributed by atoms with E-state index in [0.29, 0.717) is 23.2 Å². The fourth-order valence-electron chi connectivity index (χ4n) is 3.46. The van der Waals surface area contributed by atoms with Crippen molar-refractivity contribution < 1.29 is 17.7 Å². The zero-order chi connectivity index (χ0) is 20.4. The normalized spacial score (nSPS) is 16.4. The molecule has 0 unspecified atom stereocenters. The molecule has 0 N–H and O–H groups in total. The molecule has 29 heavy (non-hydrogen) atoms. The highest BCUT2D eigenvalue weighted by molar-refractivity contribution is 6.30. The lowest BCUT2D eigenvalue weighted by Crippen LogP contribution is -2.36. The predicted molar refractivity (Wildman–Crippen MR) is 100 cm³/mol. The van der Waals surface area contributed by atoms with E-state index in [1.54, 1.807) is 12.1 Å². The minimum Gasteiger partial charge on any atom is -0.339 e. The first kappa shape index (κ1) is 19.9. The highest BCUT2D eigenvalue weighted by Gasteiger charge is 2.34. The summed E-state index contributed by atoms with van der Waals surface area (Å²) in [5.74, 6) is 1.05. The molecule has 1 aliphatic rings. The number of aromatic nitrogens is 4. The van der Waals surface area contributed by atoms with Crippen molar-refractivity contribution in [1.82, 2.24) is 24.8 Å². The third-order valence-electron chi connectivity index (χ3n) is 5.02. The first-order valence-corrected chi connectivity index (χ1v) is 9.69. The summed E-state index contributed by atoms with van der Waals surface area (Å²) in [4.78, 5) is 6.65. The third kappa shape index (κ3) is 4.79. The number of piperidine rings is 1. The van der Waals surface area contributed by atoms with Gasteiger partial charge in [-0.3, -0.25) is 4.68 Å². The smallest absolute Gasteiger partial charge is 0.339 e. The van der Waals surface area contributed by atoms with Crippen LogP contribution in [-0.2, 0) is 12.6 Å². The number of hydrogen-bond acceptors (Lipinski definition) is 5. The molecule has 154 valence electrons. The van der Waals surface area contributed by atoms with E-state index >= 15 is 0 Å². The van der Waals surface area contributed by atoms with Gasteiger partial charge < -0.3 is 9.42 Å². The summed E-state index contributed by atoms with van der Waals surface area (Å²) >= 11 is 5.99. The van der Waals surface area contributed by atoms with Gasteiger partial charge in [0, 0.05) is 42.8 Å². The van der Waals surface area contributed by atoms with E-state index in [2.05, 4.69) is 20.1 Å². The monoisotopic (exact) mass is 425 g/mol. The maximum atomic E-state index is 12.7. The molecule has 10 heteroatoms. The number of nitrogens with zero attached hydrogens (tertiary/aromatic N) is 5. The zero-order valence-corrected chi connectivity index (χ0v) is 16.2. The minimum absolute atomic E-state index is 0.0137. The second-order valence-corrected chi connectivity index (χ2v) is 7.46. The van der Waals surface area contributed by atoms with E-state index in [9.17, 15) is 13.2 Å². The maximum Gasteiger partial charge on any atom is 0.435 e. The van der Waals surface area contributed by atoms with Gasteiger partial charge in [-0.1, -0.05) is 28.9 Å². The summed E-state index contributed by atoms with van der Waals surface area (Å²) in [6.45, 7) is 2.30. The van der Waals surface area contributed by atoms with Gasteiger partial charge in [-0.15, -0.1) is 0 Å². The lowest BCUT2D eigenvalue weighted by Gasteiger charge is -2.31. The SMILES string of the molecule is FC(F)(F)c1ccn(C2CCN(CCc3nc(-c4cccc(Cl)c4)no3)CC2)n1. The summed E-state index contributed by atoms with van der Waals surface area (Å²) in [7, 11) is 0. The quantitative estimate of drug-likeness (QED) is 0.603. The highest BCUT2D eigenvalue weighted by atomic mass is 35.5. The molecule has 0 spiro atoms. The lowest BCUT2D eigenvalue weighted by molar-refractivity contribution is -0.141. The van der Waals surface area contributed by atoms with E-state index in [1.165, 1.54) is 10.9 Å². The van der Waals surface area contributed by atoms with Crippen LogP contribution in [0.25, 0.3) is 11.4 Å². The van der Waals surface area contributed by atoms with Crippen LogP contribution in [0.4, 0.5) is 13.2 Å². The summed E-state index contributed by atoms with van der Waals surface area (Å²) in [5, 5.41) is 8.30. The molecule has 2 aromatic heterocycles. The Bertz CT molecular complexity index is 963. The second-order valence-electron chi connectivity index (χ2n) is 7.02. The lowest BCUT2D eigenvalue weighted by atomic mass is 10.1. The topological polar surface area (TPSA) is 60.0 Å². The molecule has 3 heterocycles. The van der Waals surface area contributed by atoms with Crippen molar-refractivity contribution in [2.75, 3.05) is 19.6 Å². The largest absolute Gasteiger partial charge is 0.435 e. The molecule has 1 aromatic carbocycles. The number of benzene rings is 1. The van der Waals surface area contributed by atoms with Gasteiger partial charge in [-0.25, -0.2) is 0 Å². The van der Waals surface area contributed by atoms with Crippen molar-refractivity contribution in [3.8, 4) is 11.4 Å². The van der Waals surface area contributed by atoms with Crippen molar-refractivity contribution in [3.63, 3.8) is 0 Å². The number of likely N-dealkylation sites (tertiary alicyclic amines) is 1. The van der Waals surface area contributed by atoms with E-state index in [1.807, 2.05) is 12.1 Å². The fraction of sp³-hybridized carbons (Fsp3) is 0.421. The predicted octanol–water partition coefficient (Wildman–Crippen LogP) is 4.48. The van der Waals surface area contributed by atoms with E-state index in [4.69, 9.17) is 16.1 Å². The molecule has 4 rings (SSSR count). The van der Waals surface area contributed by atoms with Gasteiger partial charge in [0.1, 0.15) is 0 Å². The minimum atomic E-state index is -4.40. The van der Waals surface area contributed by atoms with Gasteiger partial charge in [0.2, 0.25) is 11.7 Å². The fourth-order valence-corrected chi connectivity index (χ4v) is 3.65. The van der Waals surface area contributed by atoms with Crippen LogP contribution >= 0.6 is 11.6 Å². The van der Waals surface area contributed by atoms with Gasteiger partial charge >= 0.3 is 6.18 Å². The van der Waals surface area contributed by atoms with E-state index < -0.39 is 11.9 Å². The van der Waals surface area contributed by atoms with Crippen LogP contribution in [0.5, 0.6) is 0 Å². The van der Waals surface area contributed by atoms with Crippen LogP contribution in [0.3, 0.4) is 0 Å². The molecule has 0 radical (unpaired) electrons. The Morgan fingerprint density at radius 3 is 2.66 bits per heavy atom. The molecular formula is C19H19ClF3N5O. The molecule has 0 atom stereocenters. The standard InChI is InChI=1S/C19H19ClF3N5O/c20-14-3-1-2-13(12-14)18-24-17(29-26-18)7-10-27-8-4-15(5-9-27)28-11-6-16(25-28)19(21,22)23/h1-3,6,11-12,15H,4-5,7-10H2. The van der Waals surface area contributed by atoms with Crippen molar-refractivity contribution in [3.05, 3.63) is 53.1 Å². The molecule has 1 fully saturated rings. The van der Waals surface area contributed by atoms with Crippen LogP contribution in [0, 0.1) is 0 Å². The number of halogens is 4. The maximum absolute atomic E-state index is 12.7. The molecule has 1 aliphatic heterocycles. The van der Waals surface area contributed by atoms with Crippen LogP contribution in [0.15, 0.2) is 41.1 Å². The molecule has 0 aliphatic carbocycles. The Kier molecular flexibility index (Phi) is 5.60. The van der Waals surface area contributed by atoms with Crippen LogP contribution < -0.4 is 0 Å². The van der Waals surface area contributed by atoms with Crippen molar-refractivity contribution in [2.45, 2.75) is 31.5 Å². The first-order valence-electron chi connectivity index (χ1n) is 9.32. The summed E-state index contributed by atoms with van der Waals surface area (Å²) in [6.07, 6.45) is -0.885. The highest BCUT2D eigenvalue weighted by Crippen LogP contribution is 2.29.